The summed E-state index contributed by atoms with van der Waals surface area (Å²) in [7, 11) is 0. The van der Waals surface area contributed by atoms with Gasteiger partial charge in [-0.25, -0.2) is 4.79 Å². The summed E-state index contributed by atoms with van der Waals surface area (Å²) in [6.07, 6.45) is 4.66. The van der Waals surface area contributed by atoms with Crippen LogP contribution in [0.1, 0.15) is 68.3 Å². The number of benzene rings is 1. The highest BCUT2D eigenvalue weighted by molar-refractivity contribution is 5.89. The highest BCUT2D eigenvalue weighted by Gasteiger charge is 2.31. The van der Waals surface area contributed by atoms with Crippen LogP contribution >= 0.6 is 0 Å². The standard InChI is InChI=1S/C17H24O2/c1-17(2,3)13-10-8-12(9-11-13)14-6-4-5-7-15(14)16(18)19/h4-7,12-13H,8-11H2,1-3H3,(H,18,19). The van der Waals surface area contributed by atoms with Gasteiger partial charge < -0.3 is 5.11 Å². The summed E-state index contributed by atoms with van der Waals surface area (Å²) in [5.74, 6) is 0.389. The number of rotatable bonds is 2. The Morgan fingerprint density at radius 1 is 1.11 bits per heavy atom. The average Bonchev–Trinajstić information content (AvgIpc) is 2.38. The summed E-state index contributed by atoms with van der Waals surface area (Å²) in [6, 6.07) is 7.49. The highest BCUT2D eigenvalue weighted by Crippen LogP contribution is 2.43. The minimum Gasteiger partial charge on any atom is -0.478 e. The molecule has 0 heterocycles. The molecule has 1 aliphatic rings. The lowest BCUT2D eigenvalue weighted by Crippen LogP contribution is -2.25. The first-order valence-corrected chi connectivity index (χ1v) is 7.22. The van der Waals surface area contributed by atoms with Gasteiger partial charge in [0.05, 0.1) is 5.56 Å². The monoisotopic (exact) mass is 260 g/mol. The molecule has 2 heteroatoms. The second-order valence-corrected chi connectivity index (χ2v) is 6.81. The molecule has 104 valence electrons. The molecule has 0 unspecified atom stereocenters. The van der Waals surface area contributed by atoms with E-state index in [-0.39, 0.29) is 0 Å². The van der Waals surface area contributed by atoms with Crippen molar-refractivity contribution in [2.24, 2.45) is 11.3 Å². The Balaban J connectivity index is 2.12. The smallest absolute Gasteiger partial charge is 0.335 e. The van der Waals surface area contributed by atoms with Gasteiger partial charge in [0.15, 0.2) is 0 Å². The summed E-state index contributed by atoms with van der Waals surface area (Å²) < 4.78 is 0. The van der Waals surface area contributed by atoms with Crippen LogP contribution in [0, 0.1) is 11.3 Å². The number of aromatic carboxylic acids is 1. The summed E-state index contributed by atoms with van der Waals surface area (Å²) in [5, 5.41) is 9.28. The molecule has 0 bridgehead atoms. The van der Waals surface area contributed by atoms with Gasteiger partial charge in [-0.05, 0) is 54.6 Å². The number of carboxylic acids is 1. The van der Waals surface area contributed by atoms with Crippen LogP contribution in [0.2, 0.25) is 0 Å². The molecule has 1 aliphatic carbocycles. The molecular formula is C17H24O2. The SMILES string of the molecule is CC(C)(C)C1CCC(c2ccccc2C(=O)O)CC1. The fourth-order valence-electron chi connectivity index (χ4n) is 3.32. The van der Waals surface area contributed by atoms with Gasteiger partial charge in [-0.15, -0.1) is 0 Å². The van der Waals surface area contributed by atoms with E-state index in [0.717, 1.165) is 24.3 Å². The lowest BCUT2D eigenvalue weighted by molar-refractivity contribution is 0.0694. The lowest BCUT2D eigenvalue weighted by Gasteiger charge is -2.37. The van der Waals surface area contributed by atoms with E-state index in [9.17, 15) is 9.90 Å². The normalized spacial score (nSPS) is 24.2. The molecule has 0 atom stereocenters. The van der Waals surface area contributed by atoms with Crippen LogP contribution in [0.3, 0.4) is 0 Å². The van der Waals surface area contributed by atoms with Crippen molar-refractivity contribution < 1.29 is 9.90 Å². The zero-order chi connectivity index (χ0) is 14.0. The Kier molecular flexibility index (Phi) is 3.98. The van der Waals surface area contributed by atoms with E-state index in [1.165, 1.54) is 12.8 Å². The van der Waals surface area contributed by atoms with Gasteiger partial charge in [0.2, 0.25) is 0 Å². The Morgan fingerprint density at radius 2 is 1.68 bits per heavy atom. The predicted molar refractivity (Wildman–Crippen MR) is 77.6 cm³/mol. The zero-order valence-corrected chi connectivity index (χ0v) is 12.1. The highest BCUT2D eigenvalue weighted by atomic mass is 16.4. The predicted octanol–water partition coefficient (Wildman–Crippen LogP) is 4.70. The number of carboxylic acid groups (broad SMARTS) is 1. The van der Waals surface area contributed by atoms with E-state index in [2.05, 4.69) is 20.8 Å². The molecule has 1 N–H and O–H groups in total. The van der Waals surface area contributed by atoms with Crippen molar-refractivity contribution in [3.63, 3.8) is 0 Å². The fraction of sp³-hybridized carbons (Fsp3) is 0.588. The Bertz CT molecular complexity index is 449. The van der Waals surface area contributed by atoms with Crippen LogP contribution in [0.4, 0.5) is 0 Å². The topological polar surface area (TPSA) is 37.3 Å². The first-order chi connectivity index (χ1) is 8.89. The van der Waals surface area contributed by atoms with E-state index in [4.69, 9.17) is 0 Å². The number of carbonyl (C=O) groups is 1. The first kappa shape index (κ1) is 14.1. The zero-order valence-electron chi connectivity index (χ0n) is 12.1. The van der Waals surface area contributed by atoms with Crippen LogP contribution in [-0.2, 0) is 0 Å². The largest absolute Gasteiger partial charge is 0.478 e. The maximum atomic E-state index is 11.3. The van der Waals surface area contributed by atoms with Gasteiger partial charge in [-0.1, -0.05) is 39.0 Å². The van der Waals surface area contributed by atoms with Crippen LogP contribution in [0.25, 0.3) is 0 Å². The van der Waals surface area contributed by atoms with Crippen LogP contribution < -0.4 is 0 Å². The van der Waals surface area contributed by atoms with Crippen LogP contribution in [0.15, 0.2) is 24.3 Å². The third-order valence-electron chi connectivity index (χ3n) is 4.58. The first-order valence-electron chi connectivity index (χ1n) is 7.22. The van der Waals surface area contributed by atoms with Crippen LogP contribution in [0.5, 0.6) is 0 Å². The Hall–Kier alpha value is -1.31. The molecule has 0 aliphatic heterocycles. The van der Waals surface area contributed by atoms with Gasteiger partial charge in [0.25, 0.3) is 0 Å². The van der Waals surface area contributed by atoms with E-state index < -0.39 is 5.97 Å². The van der Waals surface area contributed by atoms with Crippen LogP contribution in [-0.4, -0.2) is 11.1 Å². The lowest BCUT2D eigenvalue weighted by atomic mass is 9.68. The van der Waals surface area contributed by atoms with Crippen molar-refractivity contribution in [3.8, 4) is 0 Å². The minimum absolute atomic E-state index is 0.372. The van der Waals surface area contributed by atoms with Gasteiger partial charge in [-0.2, -0.15) is 0 Å². The molecule has 1 aromatic carbocycles. The van der Waals surface area contributed by atoms with Crippen molar-refractivity contribution in [1.82, 2.24) is 0 Å². The number of hydrogen-bond donors (Lipinski definition) is 1. The molecule has 1 fully saturated rings. The molecule has 0 spiro atoms. The van der Waals surface area contributed by atoms with Gasteiger partial charge in [0.1, 0.15) is 0 Å². The van der Waals surface area contributed by atoms with E-state index in [1.54, 1.807) is 6.07 Å². The average molecular weight is 260 g/mol. The van der Waals surface area contributed by atoms with Crippen molar-refractivity contribution >= 4 is 5.97 Å². The Labute approximate surface area is 115 Å². The molecule has 19 heavy (non-hydrogen) atoms. The minimum atomic E-state index is -0.798. The summed E-state index contributed by atoms with van der Waals surface area (Å²) in [6.45, 7) is 6.93. The van der Waals surface area contributed by atoms with Crippen molar-refractivity contribution in [3.05, 3.63) is 35.4 Å². The van der Waals surface area contributed by atoms with Gasteiger partial charge in [-0.3, -0.25) is 0 Å². The van der Waals surface area contributed by atoms with Gasteiger partial charge in [0, 0.05) is 0 Å². The molecule has 0 saturated heterocycles. The van der Waals surface area contributed by atoms with E-state index in [1.807, 2.05) is 18.2 Å². The van der Waals surface area contributed by atoms with Crippen molar-refractivity contribution in [1.29, 1.82) is 0 Å². The maximum Gasteiger partial charge on any atom is 0.335 e. The molecule has 1 saturated carbocycles. The van der Waals surface area contributed by atoms with Gasteiger partial charge >= 0.3 is 5.97 Å². The van der Waals surface area contributed by atoms with Crippen molar-refractivity contribution in [2.45, 2.75) is 52.4 Å². The summed E-state index contributed by atoms with van der Waals surface area (Å²) >= 11 is 0. The molecule has 0 radical (unpaired) electrons. The third kappa shape index (κ3) is 3.17. The third-order valence-corrected chi connectivity index (χ3v) is 4.58. The summed E-state index contributed by atoms with van der Waals surface area (Å²) in [5.41, 5.74) is 1.89. The quantitative estimate of drug-likeness (QED) is 0.836. The summed E-state index contributed by atoms with van der Waals surface area (Å²) in [4.78, 5) is 11.3. The molecule has 2 nitrogen and oxygen atoms in total. The second-order valence-electron chi connectivity index (χ2n) is 6.81. The molecule has 1 aromatic rings. The molecule has 2 rings (SSSR count). The molecule has 0 aromatic heterocycles. The number of hydrogen-bond acceptors (Lipinski definition) is 1. The Morgan fingerprint density at radius 3 is 2.21 bits per heavy atom. The fourth-order valence-corrected chi connectivity index (χ4v) is 3.32. The maximum absolute atomic E-state index is 11.3. The van der Waals surface area contributed by atoms with Crippen molar-refractivity contribution in [2.75, 3.05) is 0 Å². The van der Waals surface area contributed by atoms with E-state index in [0.29, 0.717) is 16.9 Å². The molecule has 0 amide bonds. The molecular weight excluding hydrogens is 236 g/mol. The second kappa shape index (κ2) is 5.36. The van der Waals surface area contributed by atoms with E-state index >= 15 is 0 Å².